The van der Waals surface area contributed by atoms with E-state index < -0.39 is 6.10 Å². The summed E-state index contributed by atoms with van der Waals surface area (Å²) < 4.78 is 13.1. The van der Waals surface area contributed by atoms with E-state index in [2.05, 4.69) is 0 Å². The van der Waals surface area contributed by atoms with Crippen molar-refractivity contribution in [3.8, 4) is 0 Å². The maximum Gasteiger partial charge on any atom is 0.127 e. The van der Waals surface area contributed by atoms with E-state index >= 15 is 0 Å². The molecule has 0 unspecified atom stereocenters. The second-order valence-corrected chi connectivity index (χ2v) is 4.03. The van der Waals surface area contributed by atoms with Gasteiger partial charge in [-0.3, -0.25) is 0 Å². The minimum atomic E-state index is -0.494. The Morgan fingerprint density at radius 2 is 2.14 bits per heavy atom. The number of benzene rings is 1. The highest BCUT2D eigenvalue weighted by molar-refractivity contribution is 7.98. The number of hydrogen-bond donors (Lipinski definition) is 2. The van der Waals surface area contributed by atoms with Crippen molar-refractivity contribution in [2.45, 2.75) is 11.9 Å². The van der Waals surface area contributed by atoms with Crippen LogP contribution in [0.4, 0.5) is 4.39 Å². The van der Waals surface area contributed by atoms with Gasteiger partial charge < -0.3 is 10.8 Å². The first-order valence-corrected chi connectivity index (χ1v) is 5.58. The van der Waals surface area contributed by atoms with E-state index in [-0.39, 0.29) is 12.4 Å². The molecule has 0 bridgehead atoms. The normalized spacial score (nSPS) is 12.8. The zero-order chi connectivity index (χ0) is 10.4. The number of thioether (sulfide) groups is 1. The van der Waals surface area contributed by atoms with E-state index in [1.165, 1.54) is 17.8 Å². The van der Waals surface area contributed by atoms with Crippen LogP contribution in [0.25, 0.3) is 0 Å². The molecule has 14 heavy (non-hydrogen) atoms. The lowest BCUT2D eigenvalue weighted by Gasteiger charge is -2.07. The predicted molar refractivity (Wildman–Crippen MR) is 57.6 cm³/mol. The SMILES string of the molecule is NC[C@@H](O)CSCc1ccccc1F. The van der Waals surface area contributed by atoms with Gasteiger partial charge in [-0.15, -0.1) is 0 Å². The van der Waals surface area contributed by atoms with Crippen LogP contribution >= 0.6 is 11.8 Å². The summed E-state index contributed by atoms with van der Waals surface area (Å²) in [7, 11) is 0. The Labute approximate surface area is 87.3 Å². The Hall–Kier alpha value is -0.580. The molecule has 1 atom stereocenters. The fourth-order valence-corrected chi connectivity index (χ4v) is 1.97. The van der Waals surface area contributed by atoms with Gasteiger partial charge in [-0.05, 0) is 11.6 Å². The van der Waals surface area contributed by atoms with Gasteiger partial charge in [0.05, 0.1) is 6.10 Å². The number of hydrogen-bond acceptors (Lipinski definition) is 3. The van der Waals surface area contributed by atoms with Gasteiger partial charge in [0.2, 0.25) is 0 Å². The predicted octanol–water partition coefficient (Wildman–Crippen LogP) is 1.38. The van der Waals surface area contributed by atoms with E-state index in [0.29, 0.717) is 17.1 Å². The van der Waals surface area contributed by atoms with E-state index in [1.807, 2.05) is 0 Å². The number of aliphatic hydroxyl groups is 1. The Bertz CT molecular complexity index is 283. The minimum Gasteiger partial charge on any atom is -0.391 e. The molecule has 3 N–H and O–H groups in total. The largest absolute Gasteiger partial charge is 0.391 e. The van der Waals surface area contributed by atoms with Crippen molar-refractivity contribution in [1.82, 2.24) is 0 Å². The van der Waals surface area contributed by atoms with Gasteiger partial charge in [0.15, 0.2) is 0 Å². The van der Waals surface area contributed by atoms with Crippen molar-refractivity contribution in [1.29, 1.82) is 0 Å². The van der Waals surface area contributed by atoms with Crippen LogP contribution in [-0.2, 0) is 5.75 Å². The third-order valence-electron chi connectivity index (χ3n) is 1.80. The van der Waals surface area contributed by atoms with Gasteiger partial charge >= 0.3 is 0 Å². The van der Waals surface area contributed by atoms with E-state index in [4.69, 9.17) is 10.8 Å². The molecule has 1 rings (SSSR count). The molecule has 2 nitrogen and oxygen atoms in total. The summed E-state index contributed by atoms with van der Waals surface area (Å²) >= 11 is 1.48. The first-order valence-electron chi connectivity index (χ1n) is 4.43. The maximum atomic E-state index is 13.1. The lowest BCUT2D eigenvalue weighted by Crippen LogP contribution is -2.21. The van der Waals surface area contributed by atoms with Crippen molar-refractivity contribution in [3.63, 3.8) is 0 Å². The highest BCUT2D eigenvalue weighted by Gasteiger charge is 2.03. The molecule has 0 aliphatic heterocycles. The molecule has 0 saturated heterocycles. The third-order valence-corrected chi connectivity index (χ3v) is 2.93. The van der Waals surface area contributed by atoms with Crippen molar-refractivity contribution < 1.29 is 9.50 Å². The van der Waals surface area contributed by atoms with Gasteiger partial charge in [0, 0.05) is 18.1 Å². The van der Waals surface area contributed by atoms with Crippen molar-refractivity contribution >= 4 is 11.8 Å². The monoisotopic (exact) mass is 215 g/mol. The summed E-state index contributed by atoms with van der Waals surface area (Å²) in [5.41, 5.74) is 5.91. The van der Waals surface area contributed by atoms with Gasteiger partial charge in [0.25, 0.3) is 0 Å². The van der Waals surface area contributed by atoms with Crippen LogP contribution in [0.15, 0.2) is 24.3 Å². The van der Waals surface area contributed by atoms with Crippen LogP contribution in [-0.4, -0.2) is 23.5 Å². The Morgan fingerprint density at radius 1 is 1.43 bits per heavy atom. The van der Waals surface area contributed by atoms with Crippen LogP contribution in [0.2, 0.25) is 0 Å². The molecule has 4 heteroatoms. The summed E-state index contributed by atoms with van der Waals surface area (Å²) in [6.07, 6.45) is -0.494. The molecule has 0 spiro atoms. The van der Waals surface area contributed by atoms with Crippen LogP contribution in [0.5, 0.6) is 0 Å². The number of nitrogens with two attached hydrogens (primary N) is 1. The summed E-state index contributed by atoms with van der Waals surface area (Å²) in [6, 6.07) is 6.66. The zero-order valence-corrected chi connectivity index (χ0v) is 8.64. The second kappa shape index (κ2) is 6.01. The van der Waals surface area contributed by atoms with Crippen LogP contribution in [0, 0.1) is 5.82 Å². The molecule has 0 saturated carbocycles. The molecule has 0 heterocycles. The summed E-state index contributed by atoms with van der Waals surface area (Å²) in [6.45, 7) is 0.254. The van der Waals surface area contributed by atoms with Crippen LogP contribution in [0.1, 0.15) is 5.56 Å². The maximum absolute atomic E-state index is 13.1. The lowest BCUT2D eigenvalue weighted by atomic mass is 10.2. The molecule has 0 aliphatic carbocycles. The molecule has 0 aromatic heterocycles. The smallest absolute Gasteiger partial charge is 0.127 e. The van der Waals surface area contributed by atoms with Crippen LogP contribution in [0.3, 0.4) is 0 Å². The van der Waals surface area contributed by atoms with Gasteiger partial charge in [-0.25, -0.2) is 4.39 Å². The number of aliphatic hydroxyl groups excluding tert-OH is 1. The highest BCUT2D eigenvalue weighted by Crippen LogP contribution is 2.15. The average Bonchev–Trinajstić information content (AvgIpc) is 2.20. The zero-order valence-electron chi connectivity index (χ0n) is 7.82. The van der Waals surface area contributed by atoms with Gasteiger partial charge in [-0.2, -0.15) is 11.8 Å². The van der Waals surface area contributed by atoms with E-state index in [9.17, 15) is 4.39 Å². The minimum absolute atomic E-state index is 0.192. The Balaban J connectivity index is 2.35. The molecule has 1 aromatic rings. The van der Waals surface area contributed by atoms with Crippen LogP contribution < -0.4 is 5.73 Å². The average molecular weight is 215 g/mol. The number of rotatable bonds is 5. The lowest BCUT2D eigenvalue weighted by molar-refractivity contribution is 0.208. The molecular formula is C10H14FNOS. The molecule has 78 valence electrons. The second-order valence-electron chi connectivity index (χ2n) is 3.00. The molecule has 0 aliphatic rings. The van der Waals surface area contributed by atoms with E-state index in [0.717, 1.165) is 0 Å². The Kier molecular flexibility index (Phi) is 4.93. The molecule has 0 amide bonds. The number of halogens is 1. The fourth-order valence-electron chi connectivity index (χ4n) is 0.988. The molecular weight excluding hydrogens is 201 g/mol. The summed E-state index contributed by atoms with van der Waals surface area (Å²) in [5.74, 6) is 0.927. The van der Waals surface area contributed by atoms with Crippen molar-refractivity contribution in [2.24, 2.45) is 5.73 Å². The fraction of sp³-hybridized carbons (Fsp3) is 0.400. The van der Waals surface area contributed by atoms with Crippen molar-refractivity contribution in [2.75, 3.05) is 12.3 Å². The molecule has 0 fully saturated rings. The molecule has 0 radical (unpaired) electrons. The summed E-state index contributed by atoms with van der Waals surface area (Å²) in [4.78, 5) is 0. The molecule has 1 aromatic carbocycles. The third kappa shape index (κ3) is 3.65. The Morgan fingerprint density at radius 3 is 2.79 bits per heavy atom. The van der Waals surface area contributed by atoms with Gasteiger partial charge in [-0.1, -0.05) is 18.2 Å². The topological polar surface area (TPSA) is 46.2 Å². The van der Waals surface area contributed by atoms with Gasteiger partial charge in [0.1, 0.15) is 5.82 Å². The highest BCUT2D eigenvalue weighted by atomic mass is 32.2. The standard InChI is InChI=1S/C10H14FNOS/c11-10-4-2-1-3-8(10)6-14-7-9(13)5-12/h1-4,9,13H,5-7,12H2/t9-/m1/s1. The van der Waals surface area contributed by atoms with E-state index in [1.54, 1.807) is 18.2 Å². The summed E-state index contributed by atoms with van der Waals surface area (Å²) in [5, 5.41) is 9.17. The van der Waals surface area contributed by atoms with Crippen molar-refractivity contribution in [3.05, 3.63) is 35.6 Å². The quantitative estimate of drug-likeness (QED) is 0.780. The first kappa shape index (κ1) is 11.5. The first-order chi connectivity index (χ1) is 6.74.